The summed E-state index contributed by atoms with van der Waals surface area (Å²) >= 11 is 0. The van der Waals surface area contributed by atoms with Crippen molar-refractivity contribution < 1.29 is 75.6 Å². The van der Waals surface area contributed by atoms with Crippen molar-refractivity contribution in [1.82, 2.24) is 24.5 Å². The number of phosphoric ester groups is 2. The lowest BCUT2D eigenvalue weighted by atomic mass is 10.1. The summed E-state index contributed by atoms with van der Waals surface area (Å²) in [4.78, 5) is 68.6. The van der Waals surface area contributed by atoms with E-state index < -0.39 is 96.9 Å². The number of aromatic nitrogens is 5. The third-order valence-corrected chi connectivity index (χ3v) is 12.3. The smallest absolute Gasteiger partial charge is 0.387 e. The normalized spacial score (nSPS) is 30.4. The molecule has 2 fully saturated rings. The number of nitrogens with one attached hydrogen (secondary N) is 2. The fraction of sp³-hybridized carbons (Fsp3) is 0.500. The van der Waals surface area contributed by atoms with E-state index in [-0.39, 0.29) is 34.3 Å². The molecule has 0 bridgehead atoms. The second-order valence-corrected chi connectivity index (χ2v) is 16.3. The number of anilines is 3. The van der Waals surface area contributed by atoms with Crippen molar-refractivity contribution in [2.24, 2.45) is 0 Å². The van der Waals surface area contributed by atoms with Gasteiger partial charge in [-0.05, 0) is 13.0 Å². The second-order valence-electron chi connectivity index (χ2n) is 11.6. The summed E-state index contributed by atoms with van der Waals surface area (Å²) in [5, 5.41) is 32.0. The Bertz CT molecular complexity index is 2200. The third-order valence-electron chi connectivity index (χ3n) is 8.07. The highest BCUT2D eigenvalue weighted by atomic mass is 31.3. The lowest BCUT2D eigenvalue weighted by molar-refractivity contribution is -0.0501. The van der Waals surface area contributed by atoms with Gasteiger partial charge in [-0.3, -0.25) is 28.6 Å². The maximum Gasteiger partial charge on any atom is 0.490 e. The molecule has 6 heterocycles. The summed E-state index contributed by atoms with van der Waals surface area (Å²) in [5.41, 5.74) is 10.4. The third kappa shape index (κ3) is 7.87. The number of fused-ring (bicyclic) bond motifs is 2. The Kier molecular flexibility index (Phi) is 10.6. The summed E-state index contributed by atoms with van der Waals surface area (Å²) < 4.78 is 72.9. The van der Waals surface area contributed by atoms with Gasteiger partial charge in [0.05, 0.1) is 18.6 Å². The molecule has 26 nitrogen and oxygen atoms in total. The van der Waals surface area contributed by atoms with Gasteiger partial charge in [-0.25, -0.2) is 13.7 Å². The quantitative estimate of drug-likeness (QED) is 0.0643. The minimum absolute atomic E-state index is 0.0189. The number of ether oxygens (including phenoxy) is 3. The number of nitrogen functional groups attached to an aromatic ring is 2. The number of aliphatic hydroxyl groups is 3. The zero-order valence-electron chi connectivity index (χ0n) is 27.1. The number of nitrogens with zero attached hydrogens (tertiary/aromatic N) is 4. The Hall–Kier alpha value is -3.48. The van der Waals surface area contributed by atoms with E-state index in [0.717, 1.165) is 16.6 Å². The van der Waals surface area contributed by atoms with Crippen molar-refractivity contribution in [2.75, 3.05) is 36.7 Å². The Morgan fingerprint density at radius 2 is 1.45 bits per heavy atom. The van der Waals surface area contributed by atoms with Crippen molar-refractivity contribution in [1.29, 1.82) is 0 Å². The van der Waals surface area contributed by atoms with Crippen molar-refractivity contribution >= 4 is 57.8 Å². The van der Waals surface area contributed by atoms with Crippen LogP contribution in [0.1, 0.15) is 18.7 Å². The summed E-state index contributed by atoms with van der Waals surface area (Å²) in [6.45, 7) is -0.476. The molecule has 53 heavy (non-hydrogen) atoms. The van der Waals surface area contributed by atoms with Gasteiger partial charge in [0, 0.05) is 13.3 Å². The first kappa shape index (κ1) is 39.2. The van der Waals surface area contributed by atoms with Crippen LogP contribution >= 0.6 is 23.5 Å². The van der Waals surface area contributed by atoms with Gasteiger partial charge in [-0.2, -0.15) is 13.6 Å². The molecule has 6 rings (SSSR count). The summed E-state index contributed by atoms with van der Waals surface area (Å²) in [6, 6.07) is 1.32. The number of aromatic amines is 2. The number of hydrogen-bond acceptors (Lipinski definition) is 20. The highest BCUT2D eigenvalue weighted by molar-refractivity contribution is 7.66. The van der Waals surface area contributed by atoms with E-state index in [4.69, 9.17) is 30.2 Å². The van der Waals surface area contributed by atoms with Gasteiger partial charge in [-0.15, -0.1) is 9.88 Å². The zero-order valence-corrected chi connectivity index (χ0v) is 29.7. The van der Waals surface area contributed by atoms with E-state index in [0.29, 0.717) is 5.57 Å². The molecule has 3 aromatic heterocycles. The van der Waals surface area contributed by atoms with Crippen LogP contribution in [0.15, 0.2) is 21.9 Å². The van der Waals surface area contributed by atoms with Gasteiger partial charge in [0.15, 0.2) is 23.7 Å². The Labute approximate surface area is 295 Å². The molecule has 3 aliphatic heterocycles. The average molecular weight is 813 g/mol. The van der Waals surface area contributed by atoms with Crippen LogP contribution < -0.4 is 27.5 Å². The van der Waals surface area contributed by atoms with E-state index >= 15 is 0 Å². The molecular weight excluding hydrogens is 781 g/mol. The molecule has 0 aromatic carbocycles. The topological polar surface area (TPSA) is 389 Å². The maximum atomic E-state index is 12.6. The van der Waals surface area contributed by atoms with Crippen molar-refractivity contribution in [3.8, 4) is 0 Å². The largest absolute Gasteiger partial charge is 0.490 e. The minimum Gasteiger partial charge on any atom is -0.387 e. The molecule has 0 amide bonds. The lowest BCUT2D eigenvalue weighted by Crippen LogP contribution is -2.42. The molecule has 3 aromatic rings. The molecule has 6 unspecified atom stereocenters. The summed E-state index contributed by atoms with van der Waals surface area (Å²) in [6.07, 6.45) is -7.94. The predicted molar refractivity (Wildman–Crippen MR) is 174 cm³/mol. The number of allylic oxidation sites excluding steroid dienone is 1. The predicted octanol–water partition coefficient (Wildman–Crippen LogP) is -2.26. The van der Waals surface area contributed by atoms with E-state index in [1.165, 1.54) is 19.2 Å². The molecular formula is C24H32N8O18P3+. The van der Waals surface area contributed by atoms with Crippen LogP contribution in [-0.4, -0.2) is 118 Å². The number of phosphoric acid groups is 3. The number of nitrogens with two attached hydrogens (primary N) is 2. The molecule has 11 atom stereocenters. The van der Waals surface area contributed by atoms with Crippen LogP contribution in [0.5, 0.6) is 0 Å². The highest BCUT2D eigenvalue weighted by Crippen LogP contribution is 2.68. The summed E-state index contributed by atoms with van der Waals surface area (Å²) in [5.74, 6) is -0.533. The van der Waals surface area contributed by atoms with E-state index in [1.807, 2.05) is 0 Å². The molecule has 0 spiro atoms. The number of hydrogen-bond donors (Lipinski definition) is 10. The first-order valence-electron chi connectivity index (χ1n) is 14.9. The molecule has 3 aliphatic rings. The van der Waals surface area contributed by atoms with Gasteiger partial charge >= 0.3 is 34.8 Å². The molecule has 29 heteroatoms. The molecule has 290 valence electrons. The van der Waals surface area contributed by atoms with E-state index in [1.54, 1.807) is 0 Å². The van der Waals surface area contributed by atoms with Gasteiger partial charge in [0.1, 0.15) is 42.8 Å². The Balaban J connectivity index is 1.05. The highest BCUT2D eigenvalue weighted by Gasteiger charge is 2.54. The van der Waals surface area contributed by atoms with Crippen LogP contribution in [0, 0.1) is 6.20 Å². The fourth-order valence-electron chi connectivity index (χ4n) is 5.84. The van der Waals surface area contributed by atoms with Gasteiger partial charge in [-0.1, -0.05) is 0 Å². The Morgan fingerprint density at radius 1 is 0.868 bits per heavy atom. The fourth-order valence-corrected chi connectivity index (χ4v) is 9.36. The zero-order chi connectivity index (χ0) is 38.8. The first-order valence-corrected chi connectivity index (χ1v) is 19.4. The monoisotopic (exact) mass is 813 g/mol. The van der Waals surface area contributed by atoms with Gasteiger partial charge in [0.2, 0.25) is 17.5 Å². The molecule has 0 saturated carbocycles. The second kappa shape index (κ2) is 14.3. The van der Waals surface area contributed by atoms with E-state index in [9.17, 15) is 53.3 Å². The molecule has 0 radical (unpaired) electrons. The van der Waals surface area contributed by atoms with Crippen molar-refractivity contribution in [3.05, 3.63) is 44.7 Å². The van der Waals surface area contributed by atoms with Crippen LogP contribution in [0.25, 0.3) is 16.6 Å². The van der Waals surface area contributed by atoms with E-state index in [2.05, 4.69) is 39.3 Å². The summed E-state index contributed by atoms with van der Waals surface area (Å²) in [7, 11) is -16.1. The minimum atomic E-state index is -5.97. The van der Waals surface area contributed by atoms with Gasteiger partial charge in [0.25, 0.3) is 5.56 Å². The average Bonchev–Trinajstić information content (AvgIpc) is 3.76. The first-order chi connectivity index (χ1) is 24.7. The van der Waals surface area contributed by atoms with Crippen LogP contribution in [0.4, 0.5) is 17.7 Å². The number of methoxy groups -OCH3 is 1. The molecule has 2 saturated heterocycles. The number of rotatable bonds is 13. The van der Waals surface area contributed by atoms with Crippen LogP contribution in [0.3, 0.4) is 0 Å². The molecule has 12 N–H and O–H groups in total. The van der Waals surface area contributed by atoms with Gasteiger partial charge < -0.3 is 60.2 Å². The van der Waals surface area contributed by atoms with Crippen molar-refractivity contribution in [3.63, 3.8) is 0 Å². The SMILES string of the molecule is COC1C(O)[C@H](N2[C+]=C(C)c3c2nc(N)[nH]c3=O)O[C@@H]1COP(=O)(O)OP(=O)(O)OP(=O)(O)OC[C@H]1O[C@@H](n2ccc3c(=O)[nH]c(N)nc32)C(O)[C@H]1O. The van der Waals surface area contributed by atoms with Crippen LogP contribution in [0.2, 0.25) is 0 Å². The number of aliphatic hydroxyl groups excluding tert-OH is 3. The number of H-pyrrole nitrogens is 2. The van der Waals surface area contributed by atoms with Crippen LogP contribution in [-0.2, 0) is 45.6 Å². The molecule has 0 aliphatic carbocycles. The lowest BCUT2D eigenvalue weighted by Gasteiger charge is -2.22. The maximum absolute atomic E-state index is 12.6. The van der Waals surface area contributed by atoms with Crippen molar-refractivity contribution in [2.45, 2.75) is 56.0 Å². The standard InChI is InChI=1S/C24H31N8O18P3/c1-8-5-32(18-12(8)20(37)30-24(26)28-18)22-15(35)16(44-2)11(48-22)7-46-52(40,41)50-53(42,43)49-51(38,39)45-6-10-13(33)14(34)21(47-10)31-4-3-9-17(31)27-23(25)29-19(9)36/h3-4,10-11,13-16,21-22,33-35H,6-7H2,1-2H3,(H8-,25,26,27,28,29,30,36,37,38,39,40,41,42,43)/p+1/t10-,11-,13+,14?,15?,16?,21-,22-/m1/s1. The Morgan fingerprint density at radius 3 is 2.09 bits per heavy atom.